The zero-order valence-electron chi connectivity index (χ0n) is 13.9. The van der Waals surface area contributed by atoms with E-state index in [4.69, 9.17) is 4.74 Å². The molecule has 0 radical (unpaired) electrons. The van der Waals surface area contributed by atoms with Crippen LogP contribution in [0.5, 0.6) is 11.5 Å². The summed E-state index contributed by atoms with van der Waals surface area (Å²) in [6.07, 6.45) is 3.11. The quantitative estimate of drug-likeness (QED) is 0.803. The van der Waals surface area contributed by atoms with Gasteiger partial charge < -0.3 is 15.2 Å². The van der Waals surface area contributed by atoms with Crippen LogP contribution in [0.3, 0.4) is 0 Å². The molecule has 1 amide bonds. The largest absolute Gasteiger partial charge is 0.507 e. The van der Waals surface area contributed by atoms with E-state index in [0.29, 0.717) is 17.1 Å². The first-order chi connectivity index (χ1) is 11.5. The molecule has 0 saturated heterocycles. The number of aromatic hydroxyl groups is 1. The highest BCUT2D eigenvalue weighted by atomic mass is 32.2. The average Bonchev–Trinajstić information content (AvgIpc) is 2.57. The molecule has 0 atom stereocenters. The van der Waals surface area contributed by atoms with Crippen LogP contribution in [0.4, 0.5) is 10.5 Å². The van der Waals surface area contributed by atoms with Crippen LogP contribution >= 0.6 is 11.8 Å². The Bertz CT molecular complexity index is 760. The van der Waals surface area contributed by atoms with E-state index in [1.807, 2.05) is 25.3 Å². The molecule has 0 saturated carbocycles. The van der Waals surface area contributed by atoms with Crippen molar-refractivity contribution in [2.45, 2.75) is 12.7 Å². The van der Waals surface area contributed by atoms with Crippen molar-refractivity contribution in [1.82, 2.24) is 5.32 Å². The van der Waals surface area contributed by atoms with Gasteiger partial charge in [-0.2, -0.15) is 11.8 Å². The summed E-state index contributed by atoms with van der Waals surface area (Å²) in [6, 6.07) is 10.7. The summed E-state index contributed by atoms with van der Waals surface area (Å²) in [5.41, 5.74) is 3.19. The molecule has 0 aromatic heterocycles. The second-order valence-corrected chi connectivity index (χ2v) is 6.00. The minimum Gasteiger partial charge on any atom is -0.507 e. The Morgan fingerprint density at radius 1 is 1.38 bits per heavy atom. The van der Waals surface area contributed by atoms with Gasteiger partial charge in [0.2, 0.25) is 0 Å². The lowest BCUT2D eigenvalue weighted by Crippen LogP contribution is -2.22. The van der Waals surface area contributed by atoms with Gasteiger partial charge >= 0.3 is 6.09 Å². The molecule has 0 aliphatic rings. The molecule has 0 aliphatic heterocycles. The van der Waals surface area contributed by atoms with Gasteiger partial charge in [-0.3, -0.25) is 4.99 Å². The molecule has 0 unspecified atom stereocenters. The Hall–Kier alpha value is -2.47. The maximum atomic E-state index is 11.5. The Morgan fingerprint density at radius 2 is 2.12 bits per heavy atom. The Balaban J connectivity index is 2.35. The third-order valence-electron chi connectivity index (χ3n) is 3.37. The fourth-order valence-corrected chi connectivity index (χ4v) is 2.64. The molecule has 5 nitrogen and oxygen atoms in total. The molecule has 24 heavy (non-hydrogen) atoms. The van der Waals surface area contributed by atoms with Crippen LogP contribution in [-0.4, -0.2) is 30.7 Å². The molecule has 0 heterocycles. The first-order valence-electron chi connectivity index (χ1n) is 7.39. The summed E-state index contributed by atoms with van der Waals surface area (Å²) in [6.45, 7) is 1.90. The number of carbonyl (C=O) groups excluding carboxylic acids is 1. The summed E-state index contributed by atoms with van der Waals surface area (Å²) in [4.78, 5) is 16.0. The molecule has 2 aromatic carbocycles. The molecule has 126 valence electrons. The molecule has 6 heteroatoms. The highest BCUT2D eigenvalue weighted by Gasteiger charge is 2.11. The topological polar surface area (TPSA) is 70.9 Å². The molecule has 2 N–H and O–H groups in total. The highest BCUT2D eigenvalue weighted by Crippen LogP contribution is 2.31. The lowest BCUT2D eigenvalue weighted by Gasteiger charge is -2.12. The number of nitrogens with zero attached hydrogens (tertiary/aromatic N) is 1. The Kier molecular flexibility index (Phi) is 6.26. The fourth-order valence-electron chi connectivity index (χ4n) is 2.10. The number of phenols is 1. The number of para-hydroxylation sites is 1. The average molecular weight is 344 g/mol. The predicted molar refractivity (Wildman–Crippen MR) is 98.8 cm³/mol. The van der Waals surface area contributed by atoms with Crippen LogP contribution in [0.25, 0.3) is 0 Å². The lowest BCUT2D eigenvalue weighted by atomic mass is 10.1. The zero-order chi connectivity index (χ0) is 17.5. The van der Waals surface area contributed by atoms with E-state index in [1.54, 1.807) is 42.2 Å². The van der Waals surface area contributed by atoms with Crippen molar-refractivity contribution in [3.63, 3.8) is 0 Å². The number of ether oxygens (including phenoxy) is 1. The number of thioether (sulfide) groups is 1. The van der Waals surface area contributed by atoms with Gasteiger partial charge in [0.25, 0.3) is 0 Å². The molecule has 0 spiro atoms. The second-order valence-electron chi connectivity index (χ2n) is 5.14. The number of hydrogen-bond acceptors (Lipinski definition) is 5. The Labute approximate surface area is 145 Å². The zero-order valence-corrected chi connectivity index (χ0v) is 14.7. The SMILES string of the molecule is CNC(=O)Oc1cc(C)c(/N=C/c2ccccc2O)cc1CSC. The van der Waals surface area contributed by atoms with E-state index in [0.717, 1.165) is 16.8 Å². The molecular formula is C18H20N2O3S. The third-order valence-corrected chi connectivity index (χ3v) is 3.96. The van der Waals surface area contributed by atoms with Gasteiger partial charge in [-0.15, -0.1) is 0 Å². The molecule has 2 aromatic rings. The summed E-state index contributed by atoms with van der Waals surface area (Å²) in [5.74, 6) is 1.41. The van der Waals surface area contributed by atoms with E-state index < -0.39 is 6.09 Å². The van der Waals surface area contributed by atoms with E-state index in [1.165, 1.54) is 7.05 Å². The minimum absolute atomic E-state index is 0.183. The molecule has 0 bridgehead atoms. The number of rotatable bonds is 5. The minimum atomic E-state index is -0.498. The van der Waals surface area contributed by atoms with Gasteiger partial charge in [0.15, 0.2) is 0 Å². The van der Waals surface area contributed by atoms with Crippen molar-refractivity contribution in [3.05, 3.63) is 53.1 Å². The van der Waals surface area contributed by atoms with Crippen LogP contribution < -0.4 is 10.1 Å². The van der Waals surface area contributed by atoms with E-state index >= 15 is 0 Å². The van der Waals surface area contributed by atoms with Crippen molar-refractivity contribution in [2.75, 3.05) is 13.3 Å². The van der Waals surface area contributed by atoms with Crippen LogP contribution in [0.15, 0.2) is 41.4 Å². The first-order valence-corrected chi connectivity index (χ1v) is 8.78. The van der Waals surface area contributed by atoms with E-state index in [9.17, 15) is 9.90 Å². The van der Waals surface area contributed by atoms with Crippen molar-refractivity contribution in [2.24, 2.45) is 4.99 Å². The maximum Gasteiger partial charge on any atom is 0.412 e. The van der Waals surface area contributed by atoms with Crippen molar-refractivity contribution >= 4 is 29.8 Å². The number of aryl methyl sites for hydroxylation is 1. The third kappa shape index (κ3) is 4.52. The van der Waals surface area contributed by atoms with Crippen LogP contribution in [0, 0.1) is 6.92 Å². The van der Waals surface area contributed by atoms with Crippen molar-refractivity contribution in [3.8, 4) is 11.5 Å². The molecule has 0 aliphatic carbocycles. The summed E-state index contributed by atoms with van der Waals surface area (Å²) in [7, 11) is 1.52. The van der Waals surface area contributed by atoms with Crippen LogP contribution in [0.2, 0.25) is 0 Å². The van der Waals surface area contributed by atoms with Gasteiger partial charge in [-0.05, 0) is 43.0 Å². The highest BCUT2D eigenvalue weighted by molar-refractivity contribution is 7.97. The van der Waals surface area contributed by atoms with Gasteiger partial charge in [0.1, 0.15) is 11.5 Å². The molecular weight excluding hydrogens is 324 g/mol. The number of nitrogens with one attached hydrogen (secondary N) is 1. The molecule has 0 fully saturated rings. The summed E-state index contributed by atoms with van der Waals surface area (Å²) in [5, 5.41) is 12.3. The maximum absolute atomic E-state index is 11.5. The monoisotopic (exact) mass is 344 g/mol. The lowest BCUT2D eigenvalue weighted by molar-refractivity contribution is 0.202. The number of hydrogen-bond donors (Lipinski definition) is 2. The number of carbonyl (C=O) groups is 1. The first kappa shape index (κ1) is 17.9. The fraction of sp³-hybridized carbons (Fsp3) is 0.222. The van der Waals surface area contributed by atoms with Gasteiger partial charge in [0, 0.05) is 30.1 Å². The number of phenolic OH excluding ortho intramolecular Hbond substituents is 1. The Morgan fingerprint density at radius 3 is 2.79 bits per heavy atom. The number of amides is 1. The van der Waals surface area contributed by atoms with Gasteiger partial charge in [-0.25, -0.2) is 4.79 Å². The molecule has 2 rings (SSSR count). The normalized spacial score (nSPS) is 10.8. The van der Waals surface area contributed by atoms with Gasteiger partial charge in [0.05, 0.1) is 5.69 Å². The van der Waals surface area contributed by atoms with E-state index in [-0.39, 0.29) is 5.75 Å². The van der Waals surface area contributed by atoms with Gasteiger partial charge in [-0.1, -0.05) is 12.1 Å². The standard InChI is InChI=1S/C18H20N2O3S/c1-12-8-17(23-18(22)19-2)14(11-24-3)9-15(12)20-10-13-6-4-5-7-16(13)21/h4-10,21H,11H2,1-3H3,(H,19,22)/b20-10+. The van der Waals surface area contributed by atoms with Crippen molar-refractivity contribution < 1.29 is 14.6 Å². The van der Waals surface area contributed by atoms with Crippen molar-refractivity contribution in [1.29, 1.82) is 0 Å². The van der Waals surface area contributed by atoms with Crippen LogP contribution in [-0.2, 0) is 5.75 Å². The number of benzene rings is 2. The van der Waals surface area contributed by atoms with E-state index in [2.05, 4.69) is 10.3 Å². The number of aliphatic imine (C=N–C) groups is 1. The predicted octanol–water partition coefficient (Wildman–Crippen LogP) is 4.03. The summed E-state index contributed by atoms with van der Waals surface area (Å²) >= 11 is 1.63. The van der Waals surface area contributed by atoms with Crippen LogP contribution in [0.1, 0.15) is 16.7 Å². The second kappa shape index (κ2) is 8.40. The summed E-state index contributed by atoms with van der Waals surface area (Å²) < 4.78 is 5.31. The smallest absolute Gasteiger partial charge is 0.412 e.